The zero-order valence-corrected chi connectivity index (χ0v) is 20.4. The SMILES string of the molecule is Cc1cc(C)cc(N(C(=O)c2ccc(S(=O)(=O)N3CCCCC3)cc2)[C@@H]2C=CS(=O)(=O)C2)c1. The van der Waals surface area contributed by atoms with Crippen molar-refractivity contribution < 1.29 is 21.6 Å². The van der Waals surface area contributed by atoms with Gasteiger partial charge in [-0.15, -0.1) is 0 Å². The first-order valence-corrected chi connectivity index (χ1v) is 14.2. The van der Waals surface area contributed by atoms with Gasteiger partial charge in [0.15, 0.2) is 9.84 Å². The van der Waals surface area contributed by atoms with Gasteiger partial charge in [0.2, 0.25) is 10.0 Å². The Labute approximate surface area is 195 Å². The summed E-state index contributed by atoms with van der Waals surface area (Å²) in [5.74, 6) is -0.568. The third-order valence-corrected chi connectivity index (χ3v) is 9.29. The molecule has 1 amide bonds. The number of rotatable bonds is 5. The summed E-state index contributed by atoms with van der Waals surface area (Å²) >= 11 is 0. The van der Waals surface area contributed by atoms with E-state index in [-0.39, 0.29) is 16.6 Å². The van der Waals surface area contributed by atoms with Crippen LogP contribution >= 0.6 is 0 Å². The van der Waals surface area contributed by atoms with E-state index in [1.54, 1.807) is 0 Å². The summed E-state index contributed by atoms with van der Waals surface area (Å²) in [5, 5.41) is 1.15. The molecule has 1 saturated heterocycles. The molecule has 0 bridgehead atoms. The Morgan fingerprint density at radius 2 is 1.58 bits per heavy atom. The molecule has 0 N–H and O–H groups in total. The molecule has 1 fully saturated rings. The fraction of sp³-hybridized carbons (Fsp3) is 0.375. The van der Waals surface area contributed by atoms with Crippen LogP contribution in [0, 0.1) is 13.8 Å². The van der Waals surface area contributed by atoms with Crippen molar-refractivity contribution in [2.45, 2.75) is 44.0 Å². The smallest absolute Gasteiger partial charge is 0.258 e. The lowest BCUT2D eigenvalue weighted by atomic mass is 10.1. The van der Waals surface area contributed by atoms with Crippen LogP contribution in [0.3, 0.4) is 0 Å². The molecule has 0 aliphatic carbocycles. The van der Waals surface area contributed by atoms with Crippen LogP contribution < -0.4 is 4.90 Å². The molecule has 2 heterocycles. The standard InChI is InChI=1S/C24H28N2O5S2/c1-18-14-19(2)16-22(15-18)26(21-10-13-32(28,29)17-21)24(27)20-6-8-23(9-7-20)33(30,31)25-11-4-3-5-12-25/h6-10,13-16,21H,3-5,11-12,17H2,1-2H3/t21-/m1/s1. The van der Waals surface area contributed by atoms with Gasteiger partial charge in [-0.05, 0) is 80.3 Å². The molecule has 176 valence electrons. The molecule has 0 unspecified atom stereocenters. The van der Waals surface area contributed by atoms with Crippen LogP contribution in [-0.2, 0) is 19.9 Å². The van der Waals surface area contributed by atoms with Crippen molar-refractivity contribution in [3.8, 4) is 0 Å². The Morgan fingerprint density at radius 1 is 0.970 bits per heavy atom. The molecule has 2 aromatic rings. The monoisotopic (exact) mass is 488 g/mol. The molecule has 0 saturated carbocycles. The highest BCUT2D eigenvalue weighted by Crippen LogP contribution is 2.28. The number of benzene rings is 2. The van der Waals surface area contributed by atoms with Gasteiger partial charge in [-0.1, -0.05) is 12.5 Å². The summed E-state index contributed by atoms with van der Waals surface area (Å²) in [5.41, 5.74) is 2.81. The van der Waals surface area contributed by atoms with E-state index in [1.165, 1.54) is 39.5 Å². The number of hydrogen-bond donors (Lipinski definition) is 0. The van der Waals surface area contributed by atoms with Crippen molar-refractivity contribution in [2.24, 2.45) is 0 Å². The third-order valence-electron chi connectivity index (χ3n) is 6.00. The first-order chi connectivity index (χ1) is 15.6. The first-order valence-electron chi connectivity index (χ1n) is 11.0. The number of sulfonamides is 1. The predicted octanol–water partition coefficient (Wildman–Crippen LogP) is 3.44. The number of sulfone groups is 1. The summed E-state index contributed by atoms with van der Waals surface area (Å²) in [6.07, 6.45) is 4.25. The Morgan fingerprint density at radius 3 is 2.12 bits per heavy atom. The average Bonchev–Trinajstić information content (AvgIpc) is 3.13. The number of amides is 1. The largest absolute Gasteiger partial charge is 0.300 e. The van der Waals surface area contributed by atoms with Crippen LogP contribution in [0.1, 0.15) is 40.7 Å². The number of nitrogens with zero attached hydrogens (tertiary/aromatic N) is 2. The fourth-order valence-corrected chi connectivity index (χ4v) is 7.22. The predicted molar refractivity (Wildman–Crippen MR) is 128 cm³/mol. The second-order valence-corrected chi connectivity index (χ2v) is 12.6. The maximum atomic E-state index is 13.6. The van der Waals surface area contributed by atoms with E-state index in [1.807, 2.05) is 32.0 Å². The number of carbonyl (C=O) groups is 1. The molecular weight excluding hydrogens is 460 g/mol. The molecule has 0 spiro atoms. The van der Waals surface area contributed by atoms with Gasteiger partial charge in [0.05, 0.1) is 16.7 Å². The van der Waals surface area contributed by atoms with Gasteiger partial charge in [0.25, 0.3) is 5.91 Å². The fourth-order valence-electron chi connectivity index (χ4n) is 4.43. The highest BCUT2D eigenvalue weighted by atomic mass is 32.2. The molecule has 2 aliphatic heterocycles. The van der Waals surface area contributed by atoms with E-state index in [0.717, 1.165) is 35.8 Å². The number of aryl methyl sites for hydroxylation is 2. The van der Waals surface area contributed by atoms with Crippen LogP contribution in [0.25, 0.3) is 0 Å². The van der Waals surface area contributed by atoms with E-state index >= 15 is 0 Å². The maximum Gasteiger partial charge on any atom is 0.258 e. The highest BCUT2D eigenvalue weighted by Gasteiger charge is 2.33. The van der Waals surface area contributed by atoms with E-state index < -0.39 is 25.9 Å². The van der Waals surface area contributed by atoms with Crippen molar-refractivity contribution in [1.29, 1.82) is 0 Å². The van der Waals surface area contributed by atoms with Gasteiger partial charge in [-0.2, -0.15) is 4.31 Å². The molecule has 4 rings (SSSR count). The van der Waals surface area contributed by atoms with Crippen LogP contribution in [0.4, 0.5) is 5.69 Å². The lowest BCUT2D eigenvalue weighted by molar-refractivity contribution is 0.0983. The van der Waals surface area contributed by atoms with Gasteiger partial charge in [0, 0.05) is 29.7 Å². The third kappa shape index (κ3) is 5.05. The van der Waals surface area contributed by atoms with Gasteiger partial charge >= 0.3 is 0 Å². The number of anilines is 1. The number of carbonyl (C=O) groups excluding carboxylic acids is 1. The van der Waals surface area contributed by atoms with Crippen LogP contribution in [-0.4, -0.2) is 51.9 Å². The molecule has 7 nitrogen and oxygen atoms in total. The Hall–Kier alpha value is -2.49. The van der Waals surface area contributed by atoms with Crippen molar-refractivity contribution >= 4 is 31.5 Å². The van der Waals surface area contributed by atoms with Crippen molar-refractivity contribution in [2.75, 3.05) is 23.7 Å². The topological polar surface area (TPSA) is 91.8 Å². The van der Waals surface area contributed by atoms with E-state index in [9.17, 15) is 21.6 Å². The summed E-state index contributed by atoms with van der Waals surface area (Å²) in [4.78, 5) is 15.2. The minimum absolute atomic E-state index is 0.155. The van der Waals surface area contributed by atoms with Gasteiger partial charge in [-0.25, -0.2) is 16.8 Å². The normalized spacial score (nSPS) is 20.6. The summed E-state index contributed by atoms with van der Waals surface area (Å²) in [6, 6.07) is 11.0. The molecule has 2 aliphatic rings. The molecule has 9 heteroatoms. The molecule has 2 aromatic carbocycles. The summed E-state index contributed by atoms with van der Waals surface area (Å²) in [7, 11) is -6.98. The zero-order valence-electron chi connectivity index (χ0n) is 18.8. The van der Waals surface area contributed by atoms with E-state index in [4.69, 9.17) is 0 Å². The van der Waals surface area contributed by atoms with Crippen LogP contribution in [0.5, 0.6) is 0 Å². The minimum atomic E-state index is -3.60. The first kappa shape index (κ1) is 23.7. The molecule has 33 heavy (non-hydrogen) atoms. The minimum Gasteiger partial charge on any atom is -0.300 e. The van der Waals surface area contributed by atoms with Crippen LogP contribution in [0.2, 0.25) is 0 Å². The molecule has 0 aromatic heterocycles. The van der Waals surface area contributed by atoms with Crippen molar-refractivity contribution in [1.82, 2.24) is 4.31 Å². The Bertz CT molecular complexity index is 1270. The van der Waals surface area contributed by atoms with Gasteiger partial charge in [-0.3, -0.25) is 4.79 Å². The zero-order chi connectivity index (χ0) is 23.8. The lowest BCUT2D eigenvalue weighted by Crippen LogP contribution is -2.41. The average molecular weight is 489 g/mol. The lowest BCUT2D eigenvalue weighted by Gasteiger charge is -2.29. The summed E-state index contributed by atoms with van der Waals surface area (Å²) in [6.45, 7) is 4.85. The highest BCUT2D eigenvalue weighted by molar-refractivity contribution is 7.94. The molecule has 0 radical (unpaired) electrons. The van der Waals surface area contributed by atoms with Crippen molar-refractivity contribution in [3.05, 3.63) is 70.6 Å². The quantitative estimate of drug-likeness (QED) is 0.643. The maximum absolute atomic E-state index is 13.6. The molecular formula is C24H28N2O5S2. The number of hydrogen-bond acceptors (Lipinski definition) is 5. The van der Waals surface area contributed by atoms with Gasteiger partial charge < -0.3 is 4.90 Å². The second kappa shape index (κ2) is 9.04. The Balaban J connectivity index is 1.67. The van der Waals surface area contributed by atoms with Gasteiger partial charge in [0.1, 0.15) is 0 Å². The molecule has 1 atom stereocenters. The van der Waals surface area contributed by atoms with Crippen molar-refractivity contribution in [3.63, 3.8) is 0 Å². The van der Waals surface area contributed by atoms with Crippen LogP contribution in [0.15, 0.2) is 58.8 Å². The second-order valence-electron chi connectivity index (χ2n) is 8.74. The van der Waals surface area contributed by atoms with E-state index in [0.29, 0.717) is 24.3 Å². The summed E-state index contributed by atoms with van der Waals surface area (Å²) < 4.78 is 51.5. The number of piperidine rings is 1. The van der Waals surface area contributed by atoms with E-state index in [2.05, 4.69) is 0 Å². The Kier molecular flexibility index (Phi) is 6.48.